The molecule has 0 atom stereocenters. The molecule has 0 aliphatic rings. The van der Waals surface area contributed by atoms with Crippen LogP contribution in [0.4, 0.5) is 0 Å². The summed E-state index contributed by atoms with van der Waals surface area (Å²) in [5.41, 5.74) is 0. The third kappa shape index (κ3) is 6.45. The molecule has 5 heteroatoms. The Balaban J connectivity index is 2.09. The molecule has 0 bridgehead atoms. The first kappa shape index (κ1) is 15.0. The molecule has 1 aromatic carbocycles. The van der Waals surface area contributed by atoms with Gasteiger partial charge in [0.25, 0.3) is 5.91 Å². The first-order valence-corrected chi connectivity index (χ1v) is 6.21. The molecule has 1 aromatic rings. The normalized spacial score (nSPS) is 10.1. The van der Waals surface area contributed by atoms with E-state index in [2.05, 4.69) is 5.32 Å². The van der Waals surface area contributed by atoms with E-state index in [1.165, 1.54) is 0 Å². The van der Waals surface area contributed by atoms with E-state index in [4.69, 9.17) is 9.47 Å². The van der Waals surface area contributed by atoms with Crippen molar-refractivity contribution in [2.24, 2.45) is 5.92 Å². The molecule has 0 fully saturated rings. The van der Waals surface area contributed by atoms with Crippen molar-refractivity contribution in [2.45, 2.75) is 13.8 Å². The van der Waals surface area contributed by atoms with Crippen molar-refractivity contribution in [3.05, 3.63) is 30.3 Å². The van der Waals surface area contributed by atoms with Crippen LogP contribution in [0.1, 0.15) is 13.8 Å². The van der Waals surface area contributed by atoms with Crippen molar-refractivity contribution in [1.82, 2.24) is 5.32 Å². The predicted molar refractivity (Wildman–Crippen MR) is 70.7 cm³/mol. The van der Waals surface area contributed by atoms with Crippen LogP contribution in [0, 0.1) is 5.92 Å². The van der Waals surface area contributed by atoms with Gasteiger partial charge in [-0.1, -0.05) is 32.0 Å². The summed E-state index contributed by atoms with van der Waals surface area (Å²) in [5.74, 6) is -0.182. The summed E-state index contributed by atoms with van der Waals surface area (Å²) < 4.78 is 10.2. The van der Waals surface area contributed by atoms with Gasteiger partial charge in [0.1, 0.15) is 12.4 Å². The second-order valence-electron chi connectivity index (χ2n) is 4.27. The highest BCUT2D eigenvalue weighted by molar-refractivity contribution is 5.80. The number of hydrogen-bond donors (Lipinski definition) is 1. The van der Waals surface area contributed by atoms with Crippen molar-refractivity contribution in [1.29, 1.82) is 0 Å². The van der Waals surface area contributed by atoms with E-state index < -0.39 is 0 Å². The summed E-state index contributed by atoms with van der Waals surface area (Å²) in [4.78, 5) is 22.5. The topological polar surface area (TPSA) is 64.6 Å². The molecular weight excluding hydrogens is 246 g/mol. The maximum atomic E-state index is 11.3. The SMILES string of the molecule is CC(C)C(=O)OCC(=O)NCCOc1ccccc1. The summed E-state index contributed by atoms with van der Waals surface area (Å²) in [5, 5.41) is 2.61. The first-order chi connectivity index (χ1) is 9.09. The molecule has 1 N–H and O–H groups in total. The lowest BCUT2D eigenvalue weighted by molar-refractivity contribution is -0.151. The Morgan fingerprint density at radius 1 is 1.21 bits per heavy atom. The number of ether oxygens (including phenoxy) is 2. The van der Waals surface area contributed by atoms with E-state index in [0.717, 1.165) is 5.75 Å². The second-order valence-corrected chi connectivity index (χ2v) is 4.27. The van der Waals surface area contributed by atoms with Gasteiger partial charge >= 0.3 is 5.97 Å². The van der Waals surface area contributed by atoms with Crippen molar-refractivity contribution in [3.63, 3.8) is 0 Å². The Morgan fingerprint density at radius 3 is 2.53 bits per heavy atom. The Labute approximate surface area is 112 Å². The number of rotatable bonds is 7. The van der Waals surface area contributed by atoms with Gasteiger partial charge in [0.05, 0.1) is 12.5 Å². The summed E-state index contributed by atoms with van der Waals surface area (Å²) in [6.07, 6.45) is 0. The summed E-state index contributed by atoms with van der Waals surface area (Å²) in [6, 6.07) is 9.33. The number of nitrogens with one attached hydrogen (secondary N) is 1. The Kier molecular flexibility index (Phi) is 6.43. The van der Waals surface area contributed by atoms with Gasteiger partial charge < -0.3 is 14.8 Å². The van der Waals surface area contributed by atoms with Crippen LogP contribution in [-0.4, -0.2) is 31.6 Å². The van der Waals surface area contributed by atoms with Crippen LogP contribution < -0.4 is 10.1 Å². The minimum Gasteiger partial charge on any atom is -0.492 e. The van der Waals surface area contributed by atoms with Gasteiger partial charge in [0.15, 0.2) is 6.61 Å². The monoisotopic (exact) mass is 265 g/mol. The zero-order valence-electron chi connectivity index (χ0n) is 11.2. The average Bonchev–Trinajstić information content (AvgIpc) is 2.42. The predicted octanol–water partition coefficient (Wildman–Crippen LogP) is 1.38. The maximum absolute atomic E-state index is 11.3. The molecule has 0 aliphatic carbocycles. The van der Waals surface area contributed by atoms with Gasteiger partial charge in [-0.15, -0.1) is 0 Å². The highest BCUT2D eigenvalue weighted by Gasteiger charge is 2.10. The number of benzene rings is 1. The van der Waals surface area contributed by atoms with Gasteiger partial charge in [-0.25, -0.2) is 0 Å². The molecule has 0 radical (unpaired) electrons. The minimum atomic E-state index is -0.379. The lowest BCUT2D eigenvalue weighted by Crippen LogP contribution is -2.32. The maximum Gasteiger partial charge on any atom is 0.308 e. The lowest BCUT2D eigenvalue weighted by Gasteiger charge is -2.09. The van der Waals surface area contributed by atoms with E-state index in [-0.39, 0.29) is 24.4 Å². The molecule has 0 spiro atoms. The van der Waals surface area contributed by atoms with E-state index in [0.29, 0.717) is 13.2 Å². The fourth-order valence-corrected chi connectivity index (χ4v) is 1.23. The fourth-order valence-electron chi connectivity index (χ4n) is 1.23. The number of carbonyl (C=O) groups excluding carboxylic acids is 2. The number of esters is 1. The molecular formula is C14H19NO4. The van der Waals surface area contributed by atoms with Crippen LogP contribution in [0.15, 0.2) is 30.3 Å². The van der Waals surface area contributed by atoms with E-state index in [1.807, 2.05) is 30.3 Å². The molecule has 0 aromatic heterocycles. The van der Waals surface area contributed by atoms with Crippen LogP contribution in [0.2, 0.25) is 0 Å². The fraction of sp³-hybridized carbons (Fsp3) is 0.429. The van der Waals surface area contributed by atoms with Gasteiger partial charge in [0.2, 0.25) is 0 Å². The highest BCUT2D eigenvalue weighted by Crippen LogP contribution is 2.07. The number of carbonyl (C=O) groups is 2. The van der Waals surface area contributed by atoms with Crippen molar-refractivity contribution < 1.29 is 19.1 Å². The van der Waals surface area contributed by atoms with Crippen LogP contribution >= 0.6 is 0 Å². The standard InChI is InChI=1S/C14H19NO4/c1-11(2)14(17)19-10-13(16)15-8-9-18-12-6-4-3-5-7-12/h3-7,11H,8-10H2,1-2H3,(H,15,16). The summed E-state index contributed by atoms with van der Waals surface area (Å²) >= 11 is 0. The molecule has 0 saturated carbocycles. The molecule has 104 valence electrons. The van der Waals surface area contributed by atoms with Gasteiger partial charge in [-0.3, -0.25) is 9.59 Å². The summed E-state index contributed by atoms with van der Waals surface area (Å²) in [6.45, 7) is 3.92. The van der Waals surface area contributed by atoms with Gasteiger partial charge in [-0.2, -0.15) is 0 Å². The third-order valence-corrected chi connectivity index (χ3v) is 2.25. The third-order valence-electron chi connectivity index (χ3n) is 2.25. The van der Waals surface area contributed by atoms with Crippen molar-refractivity contribution >= 4 is 11.9 Å². The number of hydrogen-bond acceptors (Lipinski definition) is 4. The number of amides is 1. The molecule has 0 saturated heterocycles. The van der Waals surface area contributed by atoms with Crippen LogP contribution in [0.25, 0.3) is 0 Å². The van der Waals surface area contributed by atoms with E-state index >= 15 is 0 Å². The van der Waals surface area contributed by atoms with Crippen LogP contribution in [0.5, 0.6) is 5.75 Å². The van der Waals surface area contributed by atoms with Gasteiger partial charge in [0, 0.05) is 0 Å². The van der Waals surface area contributed by atoms with Gasteiger partial charge in [-0.05, 0) is 12.1 Å². The Morgan fingerprint density at radius 2 is 1.89 bits per heavy atom. The Hall–Kier alpha value is -2.04. The molecule has 1 rings (SSSR count). The van der Waals surface area contributed by atoms with E-state index in [9.17, 15) is 9.59 Å². The zero-order chi connectivity index (χ0) is 14.1. The summed E-state index contributed by atoms with van der Waals surface area (Å²) in [7, 11) is 0. The molecule has 0 unspecified atom stereocenters. The quantitative estimate of drug-likeness (QED) is 0.597. The molecule has 1 amide bonds. The van der Waals surface area contributed by atoms with Crippen molar-refractivity contribution in [3.8, 4) is 5.75 Å². The second kappa shape index (κ2) is 8.13. The molecule has 0 aliphatic heterocycles. The largest absolute Gasteiger partial charge is 0.492 e. The first-order valence-electron chi connectivity index (χ1n) is 6.21. The smallest absolute Gasteiger partial charge is 0.308 e. The van der Waals surface area contributed by atoms with Crippen molar-refractivity contribution in [2.75, 3.05) is 19.8 Å². The molecule has 0 heterocycles. The zero-order valence-corrected chi connectivity index (χ0v) is 11.2. The Bertz CT molecular complexity index is 403. The highest BCUT2D eigenvalue weighted by atomic mass is 16.5. The molecule has 19 heavy (non-hydrogen) atoms. The molecule has 5 nitrogen and oxygen atoms in total. The average molecular weight is 265 g/mol. The van der Waals surface area contributed by atoms with E-state index in [1.54, 1.807) is 13.8 Å². The lowest BCUT2D eigenvalue weighted by atomic mass is 10.2. The number of para-hydroxylation sites is 1. The minimum absolute atomic E-state index is 0.228. The van der Waals surface area contributed by atoms with Crippen LogP contribution in [-0.2, 0) is 14.3 Å². The van der Waals surface area contributed by atoms with Crippen LogP contribution in [0.3, 0.4) is 0 Å².